The summed E-state index contributed by atoms with van der Waals surface area (Å²) >= 11 is 0. The average Bonchev–Trinajstić information content (AvgIpc) is 2.89. The summed E-state index contributed by atoms with van der Waals surface area (Å²) in [6, 6.07) is 1.85. The molecule has 2 rings (SSSR count). The Kier molecular flexibility index (Phi) is 6.24. The van der Waals surface area contributed by atoms with Gasteiger partial charge in [-0.1, -0.05) is 33.1 Å². The van der Waals surface area contributed by atoms with Crippen LogP contribution < -0.4 is 5.32 Å². The lowest BCUT2D eigenvalue weighted by molar-refractivity contribution is 0.0929. The molecule has 1 atom stereocenters. The summed E-state index contributed by atoms with van der Waals surface area (Å²) in [5.41, 5.74) is 1.45. The van der Waals surface area contributed by atoms with Crippen molar-refractivity contribution in [3.8, 4) is 0 Å². The van der Waals surface area contributed by atoms with Gasteiger partial charge in [-0.15, -0.1) is 0 Å². The Morgan fingerprint density at radius 1 is 1.39 bits per heavy atom. The van der Waals surface area contributed by atoms with Crippen molar-refractivity contribution in [2.45, 2.75) is 64.2 Å². The van der Waals surface area contributed by atoms with Crippen molar-refractivity contribution < 1.29 is 14.8 Å². The van der Waals surface area contributed by atoms with Gasteiger partial charge in [0.1, 0.15) is 5.69 Å². The van der Waals surface area contributed by atoms with Crippen LogP contribution in [-0.4, -0.2) is 38.8 Å². The van der Waals surface area contributed by atoms with E-state index in [0.717, 1.165) is 18.5 Å². The van der Waals surface area contributed by atoms with Crippen molar-refractivity contribution in [3.63, 3.8) is 0 Å². The minimum Gasteiger partial charge on any atom is -0.426 e. The first-order valence-electron chi connectivity index (χ1n) is 8.59. The average molecular weight is 321 g/mol. The Morgan fingerprint density at radius 2 is 2.04 bits per heavy atom. The minimum atomic E-state index is -1.56. The molecule has 0 unspecified atom stereocenters. The normalized spacial score (nSPS) is 17.3. The Labute approximate surface area is 138 Å². The molecule has 7 heteroatoms. The lowest BCUT2D eigenvalue weighted by Crippen LogP contribution is -2.47. The van der Waals surface area contributed by atoms with Gasteiger partial charge in [-0.2, -0.15) is 5.10 Å². The zero-order chi connectivity index (χ0) is 17.0. The second-order valence-electron chi connectivity index (χ2n) is 7.04. The molecular weight excluding hydrogens is 293 g/mol. The molecule has 128 valence electrons. The minimum absolute atomic E-state index is 0.256. The number of carbonyl (C=O) groups is 1. The molecule has 6 nitrogen and oxygen atoms in total. The van der Waals surface area contributed by atoms with Crippen LogP contribution >= 0.6 is 0 Å². The summed E-state index contributed by atoms with van der Waals surface area (Å²) in [6.07, 6.45) is 6.48. The molecule has 0 aliphatic heterocycles. The topological polar surface area (TPSA) is 87.4 Å². The molecule has 0 saturated heterocycles. The third-order valence-corrected chi connectivity index (χ3v) is 4.56. The molecule has 1 amide bonds. The largest absolute Gasteiger partial charge is 0.475 e. The van der Waals surface area contributed by atoms with E-state index < -0.39 is 13.1 Å². The van der Waals surface area contributed by atoms with Crippen LogP contribution in [0.5, 0.6) is 0 Å². The number of hydrogen-bond donors (Lipinski definition) is 3. The maximum Gasteiger partial charge on any atom is 0.475 e. The van der Waals surface area contributed by atoms with Crippen LogP contribution in [0.25, 0.3) is 0 Å². The van der Waals surface area contributed by atoms with E-state index in [1.54, 1.807) is 11.7 Å². The van der Waals surface area contributed by atoms with Gasteiger partial charge in [-0.05, 0) is 31.2 Å². The summed E-state index contributed by atoms with van der Waals surface area (Å²) in [5.74, 6) is -0.283. The van der Waals surface area contributed by atoms with Gasteiger partial charge in [0.05, 0.1) is 11.6 Å². The molecule has 0 bridgehead atoms. The van der Waals surface area contributed by atoms with E-state index in [1.165, 1.54) is 19.3 Å². The van der Waals surface area contributed by atoms with Gasteiger partial charge in [-0.25, -0.2) is 0 Å². The fourth-order valence-corrected chi connectivity index (χ4v) is 3.31. The molecular formula is C16H28BN3O3. The molecule has 1 aliphatic carbocycles. The molecule has 1 heterocycles. The van der Waals surface area contributed by atoms with Crippen LogP contribution in [0.15, 0.2) is 6.07 Å². The van der Waals surface area contributed by atoms with Crippen molar-refractivity contribution in [2.75, 3.05) is 0 Å². The van der Waals surface area contributed by atoms with Crippen LogP contribution in [0, 0.1) is 5.92 Å². The summed E-state index contributed by atoms with van der Waals surface area (Å²) in [5, 5.41) is 26.1. The van der Waals surface area contributed by atoms with Crippen LogP contribution in [0.4, 0.5) is 0 Å². The third kappa shape index (κ3) is 4.82. The fraction of sp³-hybridized carbons (Fsp3) is 0.750. The standard InChI is InChI=1S/C16H28BN3O3/c1-11(2)9-15(17(22)23)18-16(21)14-10-13(19-20(14)3)12-7-5-4-6-8-12/h10-12,15,22-23H,4-9H2,1-3H3,(H,18,21)/t15-/m0/s1. The maximum atomic E-state index is 12.5. The Balaban J connectivity index is 2.07. The molecule has 1 aliphatic rings. The lowest BCUT2D eigenvalue weighted by atomic mass is 9.75. The molecule has 0 aromatic carbocycles. The molecule has 1 fully saturated rings. The maximum absolute atomic E-state index is 12.5. The second kappa shape index (κ2) is 7.97. The first-order chi connectivity index (χ1) is 10.9. The van der Waals surface area contributed by atoms with Crippen LogP contribution in [0.1, 0.15) is 74.5 Å². The van der Waals surface area contributed by atoms with E-state index >= 15 is 0 Å². The van der Waals surface area contributed by atoms with Gasteiger partial charge in [0.2, 0.25) is 0 Å². The monoisotopic (exact) mass is 321 g/mol. The summed E-state index contributed by atoms with van der Waals surface area (Å²) in [4.78, 5) is 12.5. The summed E-state index contributed by atoms with van der Waals surface area (Å²) in [7, 11) is 0.195. The van der Waals surface area contributed by atoms with Crippen molar-refractivity contribution in [1.82, 2.24) is 15.1 Å². The Bertz CT molecular complexity index is 525. The number of nitrogens with one attached hydrogen (secondary N) is 1. The molecule has 0 radical (unpaired) electrons. The summed E-state index contributed by atoms with van der Waals surface area (Å²) in [6.45, 7) is 3.96. The first kappa shape index (κ1) is 18.0. The van der Waals surface area contributed by atoms with E-state index in [1.807, 2.05) is 19.9 Å². The van der Waals surface area contributed by atoms with E-state index in [2.05, 4.69) is 10.4 Å². The lowest BCUT2D eigenvalue weighted by Gasteiger charge is -2.19. The van der Waals surface area contributed by atoms with Crippen molar-refractivity contribution in [2.24, 2.45) is 13.0 Å². The highest BCUT2D eigenvalue weighted by Gasteiger charge is 2.28. The molecule has 3 N–H and O–H groups in total. The quantitative estimate of drug-likeness (QED) is 0.695. The number of nitrogens with zero attached hydrogens (tertiary/aromatic N) is 2. The molecule has 1 aromatic rings. The number of carbonyl (C=O) groups excluding carboxylic acids is 1. The molecule has 0 spiro atoms. The van der Waals surface area contributed by atoms with Gasteiger partial charge in [-0.3, -0.25) is 9.48 Å². The van der Waals surface area contributed by atoms with E-state index in [0.29, 0.717) is 18.0 Å². The molecule has 1 saturated carbocycles. The highest BCUT2D eigenvalue weighted by Crippen LogP contribution is 2.32. The zero-order valence-corrected chi connectivity index (χ0v) is 14.3. The van der Waals surface area contributed by atoms with Gasteiger partial charge in [0.15, 0.2) is 0 Å². The molecule has 23 heavy (non-hydrogen) atoms. The van der Waals surface area contributed by atoms with Gasteiger partial charge in [0.25, 0.3) is 5.91 Å². The predicted octanol–water partition coefficient (Wildman–Crippen LogP) is 1.62. The number of aryl methyl sites for hydroxylation is 1. The van der Waals surface area contributed by atoms with Crippen LogP contribution in [-0.2, 0) is 7.05 Å². The molecule has 1 aromatic heterocycles. The first-order valence-corrected chi connectivity index (χ1v) is 8.59. The SMILES string of the molecule is CC(C)C[C@H](NC(=O)c1cc(C2CCCCC2)nn1C)B(O)O. The third-order valence-electron chi connectivity index (χ3n) is 4.56. The van der Waals surface area contributed by atoms with Crippen LogP contribution in [0.2, 0.25) is 0 Å². The number of rotatable bonds is 6. The van der Waals surface area contributed by atoms with Crippen LogP contribution in [0.3, 0.4) is 0 Å². The zero-order valence-electron chi connectivity index (χ0n) is 14.3. The number of amides is 1. The Morgan fingerprint density at radius 3 is 2.61 bits per heavy atom. The van der Waals surface area contributed by atoms with E-state index in [9.17, 15) is 14.8 Å². The van der Waals surface area contributed by atoms with E-state index in [4.69, 9.17) is 0 Å². The smallest absolute Gasteiger partial charge is 0.426 e. The second-order valence-corrected chi connectivity index (χ2v) is 7.04. The Hall–Kier alpha value is -1.34. The predicted molar refractivity (Wildman–Crippen MR) is 89.9 cm³/mol. The van der Waals surface area contributed by atoms with Gasteiger partial charge >= 0.3 is 7.12 Å². The number of hydrogen-bond acceptors (Lipinski definition) is 4. The highest BCUT2D eigenvalue weighted by molar-refractivity contribution is 6.43. The van der Waals surface area contributed by atoms with Crippen molar-refractivity contribution in [3.05, 3.63) is 17.5 Å². The highest BCUT2D eigenvalue weighted by atomic mass is 16.4. The van der Waals surface area contributed by atoms with E-state index in [-0.39, 0.29) is 11.8 Å². The fourth-order valence-electron chi connectivity index (χ4n) is 3.31. The number of aromatic nitrogens is 2. The van der Waals surface area contributed by atoms with Gasteiger partial charge < -0.3 is 15.4 Å². The summed E-state index contributed by atoms with van der Waals surface area (Å²) < 4.78 is 1.59. The van der Waals surface area contributed by atoms with Crippen molar-refractivity contribution >= 4 is 13.0 Å². The van der Waals surface area contributed by atoms with Gasteiger partial charge in [0, 0.05) is 13.0 Å². The van der Waals surface area contributed by atoms with Crippen molar-refractivity contribution in [1.29, 1.82) is 0 Å².